The zero-order chi connectivity index (χ0) is 8.15. The number of H-pyrrole nitrogens is 1. The van der Waals surface area contributed by atoms with Crippen LogP contribution in [0.1, 0.15) is 19.4 Å². The fraction of sp³-hybridized carbons (Fsp3) is 0.571. The highest BCUT2D eigenvalue weighted by molar-refractivity contribution is 7.71. The Kier molecular flexibility index (Phi) is 4.03. The van der Waals surface area contributed by atoms with Crippen molar-refractivity contribution in [3.63, 3.8) is 0 Å². The Morgan fingerprint density at radius 3 is 2.10 bits per heavy atom. The molecule has 1 N–H and O–H groups in total. The first-order valence-corrected chi connectivity index (χ1v) is 3.83. The van der Waals surface area contributed by atoms with Crippen LogP contribution < -0.4 is 0 Å². The lowest BCUT2D eigenvalue weighted by Gasteiger charge is -1.83. The van der Waals surface area contributed by atoms with E-state index in [1.807, 2.05) is 38.7 Å². The molecule has 0 spiro atoms. The van der Waals surface area contributed by atoms with Crippen LogP contribution in [-0.2, 0) is 7.05 Å². The molecular weight excluding hydrogens is 144 g/mol. The van der Waals surface area contributed by atoms with Crippen molar-refractivity contribution < 1.29 is 0 Å². The van der Waals surface area contributed by atoms with Crippen molar-refractivity contribution in [2.45, 2.75) is 20.8 Å². The monoisotopic (exact) mass is 158 g/mol. The minimum atomic E-state index is 0.880. The van der Waals surface area contributed by atoms with E-state index in [1.54, 1.807) is 0 Å². The Bertz CT molecular complexity index is 211. The normalized spacial score (nSPS) is 8.40. The number of nitrogens with one attached hydrogen (secondary N) is 1. The van der Waals surface area contributed by atoms with Crippen LogP contribution in [0.4, 0.5) is 0 Å². The van der Waals surface area contributed by atoms with E-state index in [0.717, 1.165) is 10.2 Å². The molecule has 3 heteroatoms. The lowest BCUT2D eigenvalue weighted by molar-refractivity contribution is 0.756. The summed E-state index contributed by atoms with van der Waals surface area (Å²) in [6, 6.07) is 0. The molecule has 1 aromatic rings. The van der Waals surface area contributed by atoms with Gasteiger partial charge in [0.05, 0.1) is 0 Å². The molecule has 0 atom stereocenters. The predicted molar refractivity (Wildman–Crippen MR) is 46.7 cm³/mol. The molecule has 0 aliphatic carbocycles. The summed E-state index contributed by atoms with van der Waals surface area (Å²) in [5.41, 5.74) is 1.13. The molecule has 0 amide bonds. The van der Waals surface area contributed by atoms with Crippen molar-refractivity contribution in [2.24, 2.45) is 7.05 Å². The average Bonchev–Trinajstić information content (AvgIpc) is 2.25. The highest BCUT2D eigenvalue weighted by Gasteiger charge is 1.88. The third kappa shape index (κ3) is 1.99. The smallest absolute Gasteiger partial charge is 0.124 e. The summed E-state index contributed by atoms with van der Waals surface area (Å²) in [5, 5.41) is 2.95. The van der Waals surface area contributed by atoms with Gasteiger partial charge < -0.3 is 5.10 Å². The van der Waals surface area contributed by atoms with Crippen LogP contribution in [-0.4, -0.2) is 9.78 Å². The first-order chi connectivity index (χ1) is 4.72. The molecule has 10 heavy (non-hydrogen) atoms. The summed E-state index contributed by atoms with van der Waals surface area (Å²) in [4.78, 5) is 0. The number of hydrogen-bond acceptors (Lipinski definition) is 1. The molecule has 0 unspecified atom stereocenters. The van der Waals surface area contributed by atoms with Gasteiger partial charge in [-0.15, -0.1) is 0 Å². The largest absolute Gasteiger partial charge is 0.305 e. The summed E-state index contributed by atoms with van der Waals surface area (Å²) in [7, 11) is 1.90. The second-order valence-corrected chi connectivity index (χ2v) is 2.21. The number of nitrogens with zero attached hydrogens (tertiary/aromatic N) is 1. The molecule has 0 aliphatic rings. The van der Waals surface area contributed by atoms with E-state index in [-0.39, 0.29) is 0 Å². The van der Waals surface area contributed by atoms with Gasteiger partial charge in [-0.25, -0.2) is 0 Å². The lowest BCUT2D eigenvalue weighted by atomic mass is 10.4. The molecule has 0 aromatic carbocycles. The first-order valence-electron chi connectivity index (χ1n) is 3.43. The van der Waals surface area contributed by atoms with Gasteiger partial charge in [-0.3, -0.25) is 4.68 Å². The van der Waals surface area contributed by atoms with E-state index in [9.17, 15) is 0 Å². The van der Waals surface area contributed by atoms with E-state index >= 15 is 0 Å². The van der Waals surface area contributed by atoms with Crippen LogP contribution in [0.2, 0.25) is 0 Å². The summed E-state index contributed by atoms with van der Waals surface area (Å²) < 4.78 is 2.69. The van der Waals surface area contributed by atoms with Crippen LogP contribution in [0, 0.1) is 11.6 Å². The minimum Gasteiger partial charge on any atom is -0.305 e. The van der Waals surface area contributed by atoms with Gasteiger partial charge in [-0.1, -0.05) is 26.1 Å². The molecule has 0 aliphatic heterocycles. The third-order valence-corrected chi connectivity index (χ3v) is 1.71. The average molecular weight is 158 g/mol. The van der Waals surface area contributed by atoms with Crippen LogP contribution in [0.3, 0.4) is 0 Å². The minimum absolute atomic E-state index is 0.880. The second kappa shape index (κ2) is 4.28. The maximum Gasteiger partial charge on any atom is 0.124 e. The molecule has 0 saturated carbocycles. The molecule has 58 valence electrons. The lowest BCUT2D eigenvalue weighted by Crippen LogP contribution is -1.87. The molecule has 0 saturated heterocycles. The Balaban J connectivity index is 0.000000371. The number of hydrogen-bond donors (Lipinski definition) is 1. The molecule has 2 nitrogen and oxygen atoms in total. The Labute approximate surface area is 66.9 Å². The van der Waals surface area contributed by atoms with Gasteiger partial charge in [-0.05, 0) is 6.92 Å². The van der Waals surface area contributed by atoms with Gasteiger partial charge in [0.25, 0.3) is 0 Å². The molecule has 1 aromatic heterocycles. The van der Waals surface area contributed by atoms with E-state index < -0.39 is 0 Å². The quantitative estimate of drug-likeness (QED) is 0.575. The number of aromatic nitrogens is 2. The fourth-order valence-corrected chi connectivity index (χ4v) is 0.690. The highest BCUT2D eigenvalue weighted by atomic mass is 32.1. The van der Waals surface area contributed by atoms with Gasteiger partial charge >= 0.3 is 0 Å². The van der Waals surface area contributed by atoms with Crippen molar-refractivity contribution in [2.75, 3.05) is 0 Å². The van der Waals surface area contributed by atoms with E-state index in [2.05, 4.69) is 5.10 Å². The van der Waals surface area contributed by atoms with Gasteiger partial charge in [0.2, 0.25) is 0 Å². The maximum atomic E-state index is 4.96. The van der Waals surface area contributed by atoms with E-state index in [0.29, 0.717) is 0 Å². The SMILES string of the molecule is CC.Cc1c[nH]n(C)c1=S. The second-order valence-electron chi connectivity index (χ2n) is 1.82. The molecular formula is C7H14N2S. The fourth-order valence-electron chi connectivity index (χ4n) is 0.579. The highest BCUT2D eigenvalue weighted by Crippen LogP contribution is 1.95. The predicted octanol–water partition coefficient (Wildman–Crippen LogP) is 2.42. The zero-order valence-corrected chi connectivity index (χ0v) is 7.75. The topological polar surface area (TPSA) is 20.7 Å². The van der Waals surface area contributed by atoms with Crippen molar-refractivity contribution >= 4 is 12.2 Å². The van der Waals surface area contributed by atoms with Crippen molar-refractivity contribution in [3.8, 4) is 0 Å². The van der Waals surface area contributed by atoms with Crippen LogP contribution >= 0.6 is 12.2 Å². The molecule has 1 heterocycles. The number of aryl methyl sites for hydroxylation is 2. The van der Waals surface area contributed by atoms with E-state index in [4.69, 9.17) is 12.2 Å². The summed E-state index contributed by atoms with van der Waals surface area (Å²) in [5.74, 6) is 0. The zero-order valence-electron chi connectivity index (χ0n) is 6.93. The summed E-state index contributed by atoms with van der Waals surface area (Å²) >= 11 is 4.96. The van der Waals surface area contributed by atoms with Crippen LogP contribution in [0.15, 0.2) is 6.20 Å². The summed E-state index contributed by atoms with van der Waals surface area (Å²) in [6.45, 7) is 5.98. The number of aromatic amines is 1. The third-order valence-electron chi connectivity index (χ3n) is 1.12. The molecule has 0 bridgehead atoms. The standard InChI is InChI=1S/C5H8N2S.C2H6/c1-4-3-6-7(2)5(4)8;1-2/h3,6H,1-2H3;1-2H3. The Morgan fingerprint density at radius 1 is 1.50 bits per heavy atom. The molecule has 0 radical (unpaired) electrons. The first kappa shape index (κ1) is 9.43. The molecule has 0 fully saturated rings. The van der Waals surface area contributed by atoms with Crippen LogP contribution in [0.25, 0.3) is 0 Å². The van der Waals surface area contributed by atoms with Crippen LogP contribution in [0.5, 0.6) is 0 Å². The Hall–Kier alpha value is -0.570. The van der Waals surface area contributed by atoms with Crippen molar-refractivity contribution in [1.29, 1.82) is 0 Å². The van der Waals surface area contributed by atoms with E-state index in [1.165, 1.54) is 0 Å². The van der Waals surface area contributed by atoms with Gasteiger partial charge in [0, 0.05) is 18.8 Å². The van der Waals surface area contributed by atoms with Gasteiger partial charge in [0.1, 0.15) is 4.64 Å². The van der Waals surface area contributed by atoms with Crippen molar-refractivity contribution in [1.82, 2.24) is 9.78 Å². The maximum absolute atomic E-state index is 4.96. The van der Waals surface area contributed by atoms with Crippen molar-refractivity contribution in [3.05, 3.63) is 16.4 Å². The Morgan fingerprint density at radius 2 is 2.00 bits per heavy atom. The van der Waals surface area contributed by atoms with Gasteiger partial charge in [0.15, 0.2) is 0 Å². The summed E-state index contributed by atoms with van der Waals surface area (Å²) in [6.07, 6.45) is 1.89. The molecule has 1 rings (SSSR count). The van der Waals surface area contributed by atoms with Gasteiger partial charge in [-0.2, -0.15) is 0 Å². The number of rotatable bonds is 0.